The summed E-state index contributed by atoms with van der Waals surface area (Å²) in [5.74, 6) is 0.176. The predicted molar refractivity (Wildman–Crippen MR) is 121 cm³/mol. The van der Waals surface area contributed by atoms with Crippen LogP contribution in [0.5, 0.6) is 0 Å². The summed E-state index contributed by atoms with van der Waals surface area (Å²) in [6.45, 7) is 5.52. The van der Waals surface area contributed by atoms with Gasteiger partial charge in [-0.3, -0.25) is 4.79 Å². The lowest BCUT2D eigenvalue weighted by atomic mass is 10.2. The zero-order valence-corrected chi connectivity index (χ0v) is 18.8. The van der Waals surface area contributed by atoms with Crippen molar-refractivity contribution in [2.24, 2.45) is 0 Å². The Bertz CT molecular complexity index is 1290. The van der Waals surface area contributed by atoms with Gasteiger partial charge >= 0.3 is 0 Å². The molecule has 1 aliphatic rings. The maximum absolute atomic E-state index is 13.2. The molecule has 3 aromatic rings. The molecule has 0 aliphatic carbocycles. The van der Waals surface area contributed by atoms with E-state index in [1.165, 1.54) is 39.3 Å². The van der Waals surface area contributed by atoms with E-state index in [9.17, 15) is 17.6 Å². The van der Waals surface area contributed by atoms with Gasteiger partial charge in [0.25, 0.3) is 5.56 Å². The number of anilines is 1. The average molecular weight is 457 g/mol. The van der Waals surface area contributed by atoms with Crippen molar-refractivity contribution >= 4 is 15.8 Å². The van der Waals surface area contributed by atoms with Gasteiger partial charge < -0.3 is 4.90 Å². The number of aryl methyl sites for hydroxylation is 2. The molecule has 32 heavy (non-hydrogen) atoms. The van der Waals surface area contributed by atoms with Crippen molar-refractivity contribution in [3.63, 3.8) is 0 Å². The minimum atomic E-state index is -3.60. The van der Waals surface area contributed by atoms with Gasteiger partial charge in [-0.15, -0.1) is 5.10 Å². The monoisotopic (exact) mass is 456 g/mol. The fourth-order valence-electron chi connectivity index (χ4n) is 3.93. The van der Waals surface area contributed by atoms with Crippen LogP contribution < -0.4 is 10.5 Å². The summed E-state index contributed by atoms with van der Waals surface area (Å²) in [7, 11) is -3.60. The van der Waals surface area contributed by atoms with Gasteiger partial charge in [-0.2, -0.15) is 8.99 Å². The van der Waals surface area contributed by atoms with E-state index in [-0.39, 0.29) is 5.56 Å². The zero-order chi connectivity index (χ0) is 22.9. The summed E-state index contributed by atoms with van der Waals surface area (Å²) in [4.78, 5) is 14.6. The summed E-state index contributed by atoms with van der Waals surface area (Å²) < 4.78 is 42.5. The minimum absolute atomic E-state index is 0.313. The molecule has 0 N–H and O–H groups in total. The van der Waals surface area contributed by atoms with Gasteiger partial charge in [0, 0.05) is 32.2 Å². The maximum atomic E-state index is 13.2. The summed E-state index contributed by atoms with van der Waals surface area (Å²) >= 11 is 0. The molecular formula is C23H25FN4O3S. The Morgan fingerprint density at radius 2 is 1.66 bits per heavy atom. The largest absolute Gasteiger partial charge is 0.354 e. The fourth-order valence-corrected chi connectivity index (χ4v) is 5.60. The Kier molecular flexibility index (Phi) is 6.12. The Balaban J connectivity index is 1.57. The third-order valence-corrected chi connectivity index (χ3v) is 7.64. The molecule has 168 valence electrons. The highest BCUT2D eigenvalue weighted by Gasteiger charge is 2.28. The quantitative estimate of drug-likeness (QED) is 0.604. The first kappa shape index (κ1) is 22.2. The van der Waals surface area contributed by atoms with Crippen molar-refractivity contribution in [2.75, 3.05) is 31.1 Å². The third-order valence-electron chi connectivity index (χ3n) is 5.58. The van der Waals surface area contributed by atoms with E-state index in [0.29, 0.717) is 49.0 Å². The van der Waals surface area contributed by atoms with Crippen molar-refractivity contribution in [3.8, 4) is 5.69 Å². The Labute approximate surface area is 186 Å². The van der Waals surface area contributed by atoms with Crippen molar-refractivity contribution in [1.82, 2.24) is 14.1 Å². The van der Waals surface area contributed by atoms with Crippen LogP contribution in [0, 0.1) is 19.7 Å². The molecule has 0 unspecified atom stereocenters. The second-order valence-corrected chi connectivity index (χ2v) is 9.84. The minimum Gasteiger partial charge on any atom is -0.354 e. The second kappa shape index (κ2) is 8.84. The molecule has 1 aromatic heterocycles. The molecular weight excluding hydrogens is 431 g/mol. The van der Waals surface area contributed by atoms with Crippen LogP contribution in [0.1, 0.15) is 17.5 Å². The molecule has 1 aliphatic heterocycles. The molecule has 2 aromatic carbocycles. The lowest BCUT2D eigenvalue weighted by Crippen LogP contribution is -2.36. The number of hydrogen-bond acceptors (Lipinski definition) is 5. The van der Waals surface area contributed by atoms with Gasteiger partial charge in [-0.05, 0) is 62.2 Å². The van der Waals surface area contributed by atoms with E-state index in [1.54, 1.807) is 12.1 Å². The van der Waals surface area contributed by atoms with Crippen LogP contribution >= 0.6 is 0 Å². The van der Waals surface area contributed by atoms with Crippen LogP contribution in [0.2, 0.25) is 0 Å². The van der Waals surface area contributed by atoms with E-state index >= 15 is 0 Å². The lowest BCUT2D eigenvalue weighted by Gasteiger charge is -2.23. The van der Waals surface area contributed by atoms with Crippen LogP contribution in [0.3, 0.4) is 0 Å². The first-order valence-corrected chi connectivity index (χ1v) is 11.9. The van der Waals surface area contributed by atoms with Gasteiger partial charge in [-0.25, -0.2) is 12.8 Å². The highest BCUT2D eigenvalue weighted by atomic mass is 32.2. The highest BCUT2D eigenvalue weighted by Crippen LogP contribution is 2.23. The molecule has 0 radical (unpaired) electrons. The van der Waals surface area contributed by atoms with Crippen molar-refractivity contribution in [2.45, 2.75) is 25.2 Å². The number of rotatable bonds is 4. The zero-order valence-electron chi connectivity index (χ0n) is 18.0. The SMILES string of the molecule is Cc1ccc(S(=O)(=O)N2CCCN(c3ccc(=O)n(-c4ccc(F)cc4)n3)CC2)c(C)c1. The molecule has 0 spiro atoms. The van der Waals surface area contributed by atoms with Gasteiger partial charge in [0.1, 0.15) is 11.6 Å². The van der Waals surface area contributed by atoms with Gasteiger partial charge in [-0.1, -0.05) is 17.7 Å². The molecule has 0 atom stereocenters. The van der Waals surface area contributed by atoms with E-state index in [0.717, 1.165) is 11.1 Å². The Morgan fingerprint density at radius 3 is 2.38 bits per heavy atom. The topological polar surface area (TPSA) is 75.5 Å². The number of benzene rings is 2. The summed E-state index contributed by atoms with van der Waals surface area (Å²) in [6.07, 6.45) is 0.626. The standard InChI is InChI=1S/C23H25FN4O3S/c1-17-4-9-21(18(2)16-17)32(30,31)27-13-3-12-26(14-15-27)22-10-11-23(29)28(25-22)20-7-5-19(24)6-8-20/h4-11,16H,3,12-15H2,1-2H3. The second-order valence-electron chi connectivity index (χ2n) is 7.93. The third kappa shape index (κ3) is 4.44. The van der Waals surface area contributed by atoms with E-state index < -0.39 is 15.8 Å². The molecule has 0 bridgehead atoms. The highest BCUT2D eigenvalue weighted by molar-refractivity contribution is 7.89. The smallest absolute Gasteiger partial charge is 0.271 e. The Morgan fingerprint density at radius 1 is 0.906 bits per heavy atom. The lowest BCUT2D eigenvalue weighted by molar-refractivity contribution is 0.432. The molecule has 0 amide bonds. The molecule has 4 rings (SSSR count). The normalized spacial score (nSPS) is 15.5. The van der Waals surface area contributed by atoms with E-state index in [4.69, 9.17) is 0 Å². The van der Waals surface area contributed by atoms with Crippen molar-refractivity contribution in [3.05, 3.63) is 81.9 Å². The molecule has 2 heterocycles. The van der Waals surface area contributed by atoms with Crippen LogP contribution in [0.4, 0.5) is 10.2 Å². The van der Waals surface area contributed by atoms with Gasteiger partial charge in [0.2, 0.25) is 10.0 Å². The molecule has 9 heteroatoms. The van der Waals surface area contributed by atoms with Crippen LogP contribution in [0.25, 0.3) is 5.69 Å². The van der Waals surface area contributed by atoms with E-state index in [2.05, 4.69) is 5.10 Å². The molecule has 1 fully saturated rings. The number of nitrogens with zero attached hydrogens (tertiary/aromatic N) is 4. The van der Waals surface area contributed by atoms with E-state index in [1.807, 2.05) is 30.9 Å². The number of halogens is 1. The molecule has 0 saturated carbocycles. The summed E-state index contributed by atoms with van der Waals surface area (Å²) in [5.41, 5.74) is 1.89. The summed E-state index contributed by atoms with van der Waals surface area (Å²) in [5, 5.41) is 4.45. The van der Waals surface area contributed by atoms with Gasteiger partial charge in [0.05, 0.1) is 10.6 Å². The number of sulfonamides is 1. The average Bonchev–Trinajstić information content (AvgIpc) is 3.01. The fraction of sp³-hybridized carbons (Fsp3) is 0.304. The van der Waals surface area contributed by atoms with Crippen LogP contribution in [-0.2, 0) is 10.0 Å². The number of hydrogen-bond donors (Lipinski definition) is 0. The maximum Gasteiger partial charge on any atom is 0.271 e. The Hall–Kier alpha value is -3.04. The first-order valence-electron chi connectivity index (χ1n) is 10.4. The van der Waals surface area contributed by atoms with Crippen LogP contribution in [0.15, 0.2) is 64.3 Å². The number of aromatic nitrogens is 2. The van der Waals surface area contributed by atoms with Gasteiger partial charge in [0.15, 0.2) is 0 Å². The first-order chi connectivity index (χ1) is 15.3. The predicted octanol–water partition coefficient (Wildman–Crippen LogP) is 2.89. The summed E-state index contributed by atoms with van der Waals surface area (Å²) in [6, 6.07) is 13.9. The molecule has 1 saturated heterocycles. The van der Waals surface area contributed by atoms with Crippen LogP contribution in [-0.4, -0.2) is 48.7 Å². The molecule has 7 nitrogen and oxygen atoms in total. The van der Waals surface area contributed by atoms with Crippen molar-refractivity contribution in [1.29, 1.82) is 0 Å². The van der Waals surface area contributed by atoms with Crippen molar-refractivity contribution < 1.29 is 12.8 Å².